The number of benzene rings is 1. The van der Waals surface area contributed by atoms with E-state index in [-0.39, 0.29) is 11.9 Å². The van der Waals surface area contributed by atoms with Crippen molar-refractivity contribution in [2.45, 2.75) is 33.4 Å². The van der Waals surface area contributed by atoms with Gasteiger partial charge in [0.05, 0.1) is 11.9 Å². The molecule has 0 aliphatic rings. The van der Waals surface area contributed by atoms with E-state index in [0.29, 0.717) is 5.69 Å². The van der Waals surface area contributed by atoms with Crippen molar-refractivity contribution in [3.63, 3.8) is 0 Å². The Morgan fingerprint density at radius 1 is 1.14 bits per heavy atom. The molecule has 2 rings (SSSR count). The Balaban J connectivity index is 1.93. The van der Waals surface area contributed by atoms with Crippen molar-refractivity contribution in [2.24, 2.45) is 0 Å². The number of amides is 1. The zero-order valence-corrected chi connectivity index (χ0v) is 12.7. The molecule has 4 nitrogen and oxygen atoms in total. The average molecular weight is 283 g/mol. The van der Waals surface area contributed by atoms with E-state index < -0.39 is 0 Å². The molecule has 0 atom stereocenters. The lowest BCUT2D eigenvalue weighted by Gasteiger charge is -2.09. The smallest absolute Gasteiger partial charge is 0.270 e. The van der Waals surface area contributed by atoms with Gasteiger partial charge in [0.15, 0.2) is 0 Å². The molecule has 0 aliphatic carbocycles. The summed E-state index contributed by atoms with van der Waals surface area (Å²) in [6.45, 7) is 6.66. The van der Waals surface area contributed by atoms with Crippen molar-refractivity contribution >= 4 is 11.6 Å². The Morgan fingerprint density at radius 2 is 1.86 bits per heavy atom. The molecular weight excluding hydrogens is 262 g/mol. The van der Waals surface area contributed by atoms with Crippen molar-refractivity contribution in [2.75, 3.05) is 5.32 Å². The van der Waals surface area contributed by atoms with Crippen LogP contribution >= 0.6 is 0 Å². The highest BCUT2D eigenvalue weighted by Gasteiger charge is 2.07. The molecule has 1 aromatic carbocycles. The van der Waals surface area contributed by atoms with Gasteiger partial charge in [0.25, 0.3) is 5.91 Å². The largest absolute Gasteiger partial charge is 0.380 e. The van der Waals surface area contributed by atoms with Gasteiger partial charge >= 0.3 is 0 Å². The summed E-state index contributed by atoms with van der Waals surface area (Å²) in [7, 11) is 0. The first-order valence-electron chi connectivity index (χ1n) is 7.11. The number of nitrogens with zero attached hydrogens (tertiary/aromatic N) is 1. The molecule has 0 saturated heterocycles. The molecule has 1 heterocycles. The number of hydrogen-bond acceptors (Lipinski definition) is 3. The predicted molar refractivity (Wildman–Crippen MR) is 85.3 cm³/mol. The number of aryl methyl sites for hydroxylation is 1. The fourth-order valence-corrected chi connectivity index (χ4v) is 1.88. The normalized spacial score (nSPS) is 10.5. The number of nitrogens with one attached hydrogen (secondary N) is 2. The van der Waals surface area contributed by atoms with E-state index in [1.165, 1.54) is 11.1 Å². The molecule has 1 aromatic heterocycles. The fourth-order valence-electron chi connectivity index (χ4n) is 1.88. The second-order valence-corrected chi connectivity index (χ2v) is 5.40. The van der Waals surface area contributed by atoms with Gasteiger partial charge in [0.1, 0.15) is 5.69 Å². The van der Waals surface area contributed by atoms with Crippen LogP contribution in [0.5, 0.6) is 0 Å². The minimum absolute atomic E-state index is 0.110. The van der Waals surface area contributed by atoms with Crippen LogP contribution in [0.4, 0.5) is 5.69 Å². The van der Waals surface area contributed by atoms with Gasteiger partial charge in [0, 0.05) is 12.6 Å². The van der Waals surface area contributed by atoms with Gasteiger partial charge in [-0.05, 0) is 38.5 Å². The number of pyridine rings is 1. The molecule has 4 heteroatoms. The van der Waals surface area contributed by atoms with E-state index in [2.05, 4.69) is 46.8 Å². The van der Waals surface area contributed by atoms with E-state index in [4.69, 9.17) is 0 Å². The van der Waals surface area contributed by atoms with Crippen LogP contribution in [0, 0.1) is 6.92 Å². The Kier molecular flexibility index (Phi) is 4.93. The van der Waals surface area contributed by atoms with Crippen LogP contribution in [0.25, 0.3) is 0 Å². The Hall–Kier alpha value is -2.36. The van der Waals surface area contributed by atoms with Crippen LogP contribution in [-0.4, -0.2) is 16.9 Å². The summed E-state index contributed by atoms with van der Waals surface area (Å²) in [4.78, 5) is 16.0. The summed E-state index contributed by atoms with van der Waals surface area (Å²) in [6.07, 6.45) is 1.68. The van der Waals surface area contributed by atoms with Crippen molar-refractivity contribution in [1.82, 2.24) is 10.3 Å². The Bertz CT molecular complexity index is 588. The van der Waals surface area contributed by atoms with Crippen LogP contribution in [0.1, 0.15) is 35.5 Å². The number of carbonyl (C=O) groups excluding carboxylic acids is 1. The van der Waals surface area contributed by atoms with Gasteiger partial charge in [-0.1, -0.05) is 29.8 Å². The van der Waals surface area contributed by atoms with Crippen molar-refractivity contribution < 1.29 is 4.79 Å². The van der Waals surface area contributed by atoms with E-state index in [1.807, 2.05) is 19.9 Å². The van der Waals surface area contributed by atoms with Crippen molar-refractivity contribution in [3.05, 3.63) is 59.4 Å². The molecule has 1 amide bonds. The molecule has 2 aromatic rings. The second-order valence-electron chi connectivity index (χ2n) is 5.40. The minimum Gasteiger partial charge on any atom is -0.380 e. The standard InChI is InChI=1S/C17H21N3O/c1-12(2)20-17(21)16-9-8-15(11-19-16)18-10-14-6-4-13(3)5-7-14/h4-9,11-12,18H,10H2,1-3H3,(H,20,21). The maximum Gasteiger partial charge on any atom is 0.270 e. The SMILES string of the molecule is Cc1ccc(CNc2ccc(C(=O)NC(C)C)nc2)cc1. The number of carbonyl (C=O) groups is 1. The summed E-state index contributed by atoms with van der Waals surface area (Å²) in [5.41, 5.74) is 3.80. The molecular formula is C17H21N3O. The number of hydrogen-bond donors (Lipinski definition) is 2. The van der Waals surface area contributed by atoms with E-state index in [1.54, 1.807) is 12.3 Å². The molecule has 2 N–H and O–H groups in total. The average Bonchev–Trinajstić information content (AvgIpc) is 2.46. The van der Waals surface area contributed by atoms with Gasteiger partial charge < -0.3 is 10.6 Å². The third-order valence-electron chi connectivity index (χ3n) is 3.03. The third-order valence-corrected chi connectivity index (χ3v) is 3.03. The summed E-state index contributed by atoms with van der Waals surface area (Å²) in [5.74, 6) is -0.143. The number of anilines is 1. The molecule has 110 valence electrons. The van der Waals surface area contributed by atoms with Gasteiger partial charge in [-0.25, -0.2) is 4.98 Å². The second kappa shape index (κ2) is 6.88. The lowest BCUT2D eigenvalue weighted by molar-refractivity contribution is 0.0938. The van der Waals surface area contributed by atoms with Crippen molar-refractivity contribution in [1.29, 1.82) is 0 Å². The topological polar surface area (TPSA) is 54.0 Å². The van der Waals surface area contributed by atoms with Gasteiger partial charge in [-0.3, -0.25) is 4.79 Å². The fraction of sp³-hybridized carbons (Fsp3) is 0.294. The molecule has 0 spiro atoms. The maximum atomic E-state index is 11.8. The summed E-state index contributed by atoms with van der Waals surface area (Å²) in [5, 5.41) is 6.11. The highest BCUT2D eigenvalue weighted by atomic mass is 16.1. The monoisotopic (exact) mass is 283 g/mol. The highest BCUT2D eigenvalue weighted by Crippen LogP contribution is 2.10. The van der Waals surface area contributed by atoms with Crippen LogP contribution < -0.4 is 10.6 Å². The van der Waals surface area contributed by atoms with Crippen LogP contribution in [-0.2, 0) is 6.54 Å². The zero-order chi connectivity index (χ0) is 15.2. The van der Waals surface area contributed by atoms with Gasteiger partial charge in [0.2, 0.25) is 0 Å². The first kappa shape index (κ1) is 15.0. The molecule has 21 heavy (non-hydrogen) atoms. The quantitative estimate of drug-likeness (QED) is 0.886. The minimum atomic E-state index is -0.143. The Labute approximate surface area is 125 Å². The zero-order valence-electron chi connectivity index (χ0n) is 12.7. The van der Waals surface area contributed by atoms with Crippen LogP contribution in [0.15, 0.2) is 42.6 Å². The molecule has 0 bridgehead atoms. The Morgan fingerprint density at radius 3 is 2.43 bits per heavy atom. The summed E-state index contributed by atoms with van der Waals surface area (Å²) in [6, 6.07) is 12.1. The molecule has 0 aliphatic heterocycles. The lowest BCUT2D eigenvalue weighted by atomic mass is 10.1. The molecule has 0 unspecified atom stereocenters. The lowest BCUT2D eigenvalue weighted by Crippen LogP contribution is -2.30. The van der Waals surface area contributed by atoms with Gasteiger partial charge in [-0.2, -0.15) is 0 Å². The first-order chi connectivity index (χ1) is 10.0. The molecule has 0 saturated carbocycles. The molecule has 0 radical (unpaired) electrons. The van der Waals surface area contributed by atoms with E-state index in [0.717, 1.165) is 12.2 Å². The third kappa shape index (κ3) is 4.60. The van der Waals surface area contributed by atoms with Crippen molar-refractivity contribution in [3.8, 4) is 0 Å². The maximum absolute atomic E-state index is 11.8. The number of rotatable bonds is 5. The van der Waals surface area contributed by atoms with E-state index in [9.17, 15) is 4.79 Å². The molecule has 0 fully saturated rings. The summed E-state index contributed by atoms with van der Waals surface area (Å²) < 4.78 is 0. The summed E-state index contributed by atoms with van der Waals surface area (Å²) >= 11 is 0. The highest BCUT2D eigenvalue weighted by molar-refractivity contribution is 5.92. The first-order valence-corrected chi connectivity index (χ1v) is 7.11. The van der Waals surface area contributed by atoms with Crippen LogP contribution in [0.3, 0.4) is 0 Å². The predicted octanol–water partition coefficient (Wildman–Crippen LogP) is 3.14. The number of aromatic nitrogens is 1. The van der Waals surface area contributed by atoms with Gasteiger partial charge in [-0.15, -0.1) is 0 Å². The van der Waals surface area contributed by atoms with Crippen LogP contribution in [0.2, 0.25) is 0 Å². The van der Waals surface area contributed by atoms with E-state index >= 15 is 0 Å².